The van der Waals surface area contributed by atoms with E-state index in [-0.39, 0.29) is 11.3 Å². The number of hydrogen-bond donors (Lipinski definition) is 1. The summed E-state index contributed by atoms with van der Waals surface area (Å²) in [5, 5.41) is 2.98. The van der Waals surface area contributed by atoms with Gasteiger partial charge in [0.25, 0.3) is 5.91 Å². The first kappa shape index (κ1) is 17.0. The summed E-state index contributed by atoms with van der Waals surface area (Å²) in [5.41, 5.74) is 0.700. The van der Waals surface area contributed by atoms with E-state index in [2.05, 4.69) is 51.0 Å². The van der Waals surface area contributed by atoms with Crippen LogP contribution in [0.4, 0.5) is 0 Å². The molecular weight excluding hydrogens is 393 g/mol. The molecule has 1 rings (SSSR count). The van der Waals surface area contributed by atoms with Crippen LogP contribution in [0, 0.1) is 5.41 Å². The number of nitrogens with one attached hydrogen (secondary N) is 1. The van der Waals surface area contributed by atoms with Gasteiger partial charge in [-0.25, -0.2) is 0 Å². The van der Waals surface area contributed by atoms with Crippen LogP contribution in [-0.2, 0) is 0 Å². The number of halogens is 3. The number of alkyl halides is 1. The van der Waals surface area contributed by atoms with Crippen molar-refractivity contribution in [2.75, 3.05) is 12.4 Å². The van der Waals surface area contributed by atoms with Crippen molar-refractivity contribution in [3.05, 3.63) is 32.7 Å². The minimum absolute atomic E-state index is 0.0586. The standard InChI is InChI=1S/C14H18Br2ClNO/c1-14(2,6-3-7-17)9-18-13(19)11-8-10(15)4-5-12(11)16/h4-5,8H,3,6-7,9H2,1-2H3,(H,18,19). The number of rotatable bonds is 6. The Kier molecular flexibility index (Phi) is 6.84. The van der Waals surface area contributed by atoms with Gasteiger partial charge in [-0.3, -0.25) is 4.79 Å². The van der Waals surface area contributed by atoms with Gasteiger partial charge in [0.2, 0.25) is 0 Å². The quantitative estimate of drug-likeness (QED) is 0.657. The lowest BCUT2D eigenvalue weighted by Crippen LogP contribution is -2.34. The van der Waals surface area contributed by atoms with Crippen LogP contribution in [-0.4, -0.2) is 18.3 Å². The summed E-state index contributed by atoms with van der Waals surface area (Å²) in [6, 6.07) is 5.56. The van der Waals surface area contributed by atoms with Gasteiger partial charge in [0.15, 0.2) is 0 Å². The normalized spacial score (nSPS) is 11.4. The van der Waals surface area contributed by atoms with E-state index >= 15 is 0 Å². The maximum absolute atomic E-state index is 12.2. The molecule has 19 heavy (non-hydrogen) atoms. The number of carbonyl (C=O) groups is 1. The molecule has 106 valence electrons. The average molecular weight is 412 g/mol. The highest BCUT2D eigenvalue weighted by Gasteiger charge is 2.19. The van der Waals surface area contributed by atoms with Crippen molar-refractivity contribution in [1.82, 2.24) is 5.32 Å². The SMILES string of the molecule is CC(C)(CCCCl)CNC(=O)c1cc(Br)ccc1Br. The van der Waals surface area contributed by atoms with Crippen LogP contribution in [0.1, 0.15) is 37.0 Å². The van der Waals surface area contributed by atoms with E-state index in [4.69, 9.17) is 11.6 Å². The van der Waals surface area contributed by atoms with Gasteiger partial charge in [0.05, 0.1) is 5.56 Å². The van der Waals surface area contributed by atoms with Crippen molar-refractivity contribution in [2.45, 2.75) is 26.7 Å². The molecule has 0 aromatic heterocycles. The predicted octanol–water partition coefficient (Wildman–Crippen LogP) is 4.99. The second-order valence-corrected chi connectivity index (χ2v) is 7.41. The monoisotopic (exact) mass is 409 g/mol. The predicted molar refractivity (Wildman–Crippen MR) is 87.9 cm³/mol. The van der Waals surface area contributed by atoms with Crippen molar-refractivity contribution in [3.8, 4) is 0 Å². The number of benzene rings is 1. The Labute approximate surface area is 136 Å². The maximum Gasteiger partial charge on any atom is 0.252 e. The van der Waals surface area contributed by atoms with E-state index < -0.39 is 0 Å². The van der Waals surface area contributed by atoms with E-state index in [1.54, 1.807) is 0 Å². The fourth-order valence-electron chi connectivity index (χ4n) is 1.72. The molecule has 1 aromatic rings. The summed E-state index contributed by atoms with van der Waals surface area (Å²) in [6.45, 7) is 4.91. The molecule has 0 bridgehead atoms. The lowest BCUT2D eigenvalue weighted by atomic mass is 9.88. The molecule has 0 atom stereocenters. The second-order valence-electron chi connectivity index (χ2n) is 5.26. The van der Waals surface area contributed by atoms with Crippen molar-refractivity contribution >= 4 is 49.4 Å². The first-order valence-electron chi connectivity index (χ1n) is 6.15. The third-order valence-electron chi connectivity index (χ3n) is 2.89. The Morgan fingerprint density at radius 2 is 2.05 bits per heavy atom. The highest BCUT2D eigenvalue weighted by Crippen LogP contribution is 2.24. The molecule has 5 heteroatoms. The Bertz CT molecular complexity index is 449. The molecule has 0 unspecified atom stereocenters. The molecule has 0 saturated heterocycles. The first-order chi connectivity index (χ1) is 8.85. The average Bonchev–Trinajstić information content (AvgIpc) is 2.36. The molecular formula is C14H18Br2ClNO. The molecule has 0 saturated carbocycles. The van der Waals surface area contributed by atoms with E-state index in [1.165, 1.54) is 0 Å². The van der Waals surface area contributed by atoms with Crippen molar-refractivity contribution in [2.24, 2.45) is 5.41 Å². The Morgan fingerprint density at radius 3 is 2.68 bits per heavy atom. The zero-order valence-electron chi connectivity index (χ0n) is 11.1. The zero-order valence-corrected chi connectivity index (χ0v) is 15.0. The van der Waals surface area contributed by atoms with Crippen LogP contribution < -0.4 is 5.32 Å². The summed E-state index contributed by atoms with van der Waals surface area (Å²) in [7, 11) is 0. The lowest BCUT2D eigenvalue weighted by Gasteiger charge is -2.24. The molecule has 0 radical (unpaired) electrons. The van der Waals surface area contributed by atoms with Gasteiger partial charge in [-0.1, -0.05) is 29.8 Å². The molecule has 0 spiro atoms. The minimum Gasteiger partial charge on any atom is -0.351 e. The molecule has 0 fully saturated rings. The van der Waals surface area contributed by atoms with Gasteiger partial charge >= 0.3 is 0 Å². The van der Waals surface area contributed by atoms with Gasteiger partial charge in [0.1, 0.15) is 0 Å². The third kappa shape index (κ3) is 5.84. The number of hydrogen-bond acceptors (Lipinski definition) is 1. The summed E-state index contributed by atoms with van der Waals surface area (Å²) in [4.78, 5) is 12.2. The zero-order chi connectivity index (χ0) is 14.5. The highest BCUT2D eigenvalue weighted by molar-refractivity contribution is 9.11. The summed E-state index contributed by atoms with van der Waals surface area (Å²) in [5.74, 6) is 0.598. The smallest absolute Gasteiger partial charge is 0.252 e. The number of amides is 1. The van der Waals surface area contributed by atoms with Crippen LogP contribution in [0.15, 0.2) is 27.1 Å². The Morgan fingerprint density at radius 1 is 1.37 bits per heavy atom. The summed E-state index contributed by atoms with van der Waals surface area (Å²) >= 11 is 12.5. The lowest BCUT2D eigenvalue weighted by molar-refractivity contribution is 0.0933. The second kappa shape index (κ2) is 7.65. The molecule has 0 aliphatic heterocycles. The van der Waals surface area contributed by atoms with Crippen LogP contribution >= 0.6 is 43.5 Å². The minimum atomic E-state index is -0.0628. The molecule has 1 N–H and O–H groups in total. The topological polar surface area (TPSA) is 29.1 Å². The molecule has 2 nitrogen and oxygen atoms in total. The Balaban J connectivity index is 2.62. The molecule has 0 aliphatic rings. The number of carbonyl (C=O) groups excluding carboxylic acids is 1. The third-order valence-corrected chi connectivity index (χ3v) is 4.34. The van der Waals surface area contributed by atoms with Gasteiger partial charge in [0, 0.05) is 21.4 Å². The van der Waals surface area contributed by atoms with Gasteiger partial charge in [-0.2, -0.15) is 0 Å². The first-order valence-corrected chi connectivity index (χ1v) is 8.27. The molecule has 0 heterocycles. The molecule has 1 amide bonds. The van der Waals surface area contributed by atoms with Gasteiger partial charge in [-0.15, -0.1) is 11.6 Å². The van der Waals surface area contributed by atoms with Crippen molar-refractivity contribution < 1.29 is 4.79 Å². The van der Waals surface area contributed by atoms with Crippen LogP contribution in [0.2, 0.25) is 0 Å². The van der Waals surface area contributed by atoms with Crippen LogP contribution in [0.5, 0.6) is 0 Å². The van der Waals surface area contributed by atoms with Crippen LogP contribution in [0.3, 0.4) is 0 Å². The van der Waals surface area contributed by atoms with E-state index in [9.17, 15) is 4.79 Å². The fourth-order valence-corrected chi connectivity index (χ4v) is 2.64. The highest BCUT2D eigenvalue weighted by atomic mass is 79.9. The summed E-state index contributed by atoms with van der Waals surface area (Å²) in [6.07, 6.45) is 1.96. The van der Waals surface area contributed by atoms with Gasteiger partial charge < -0.3 is 5.32 Å². The van der Waals surface area contributed by atoms with Crippen LogP contribution in [0.25, 0.3) is 0 Å². The maximum atomic E-state index is 12.2. The van der Waals surface area contributed by atoms with Crippen molar-refractivity contribution in [3.63, 3.8) is 0 Å². The van der Waals surface area contributed by atoms with Gasteiger partial charge in [-0.05, 0) is 52.4 Å². The molecule has 1 aromatic carbocycles. The summed E-state index contributed by atoms with van der Waals surface area (Å²) < 4.78 is 1.69. The van der Waals surface area contributed by atoms with E-state index in [1.807, 2.05) is 18.2 Å². The largest absolute Gasteiger partial charge is 0.351 e. The van der Waals surface area contributed by atoms with Crippen molar-refractivity contribution in [1.29, 1.82) is 0 Å². The van der Waals surface area contributed by atoms with E-state index in [0.29, 0.717) is 18.0 Å². The Hall–Kier alpha value is -0.0600. The molecule has 0 aliphatic carbocycles. The van der Waals surface area contributed by atoms with E-state index in [0.717, 1.165) is 21.8 Å². The fraction of sp³-hybridized carbons (Fsp3) is 0.500.